The van der Waals surface area contributed by atoms with E-state index < -0.39 is 6.10 Å². The molecule has 2 rings (SSSR count). The van der Waals surface area contributed by atoms with Crippen molar-refractivity contribution in [2.75, 3.05) is 19.7 Å². The van der Waals surface area contributed by atoms with Crippen LogP contribution >= 0.6 is 27.5 Å². The summed E-state index contributed by atoms with van der Waals surface area (Å²) in [6.45, 7) is 0.998. The van der Waals surface area contributed by atoms with Crippen molar-refractivity contribution < 1.29 is 14.6 Å². The van der Waals surface area contributed by atoms with Crippen LogP contribution in [0.25, 0.3) is 0 Å². The third-order valence-electron chi connectivity index (χ3n) is 2.99. The second kappa shape index (κ2) is 6.59. The fraction of sp³-hybridized carbons (Fsp3) is 0.462. The fourth-order valence-electron chi connectivity index (χ4n) is 2.00. The van der Waals surface area contributed by atoms with E-state index in [0.29, 0.717) is 23.9 Å². The van der Waals surface area contributed by atoms with Crippen molar-refractivity contribution in [3.63, 3.8) is 0 Å². The minimum absolute atomic E-state index is 0.0614. The molecule has 1 saturated heterocycles. The van der Waals surface area contributed by atoms with E-state index in [0.717, 1.165) is 17.3 Å². The van der Waals surface area contributed by atoms with Gasteiger partial charge in [-0.05, 0) is 31.0 Å². The Morgan fingerprint density at radius 2 is 2.37 bits per heavy atom. The summed E-state index contributed by atoms with van der Waals surface area (Å²) in [7, 11) is 0. The molecule has 0 aliphatic carbocycles. The van der Waals surface area contributed by atoms with Gasteiger partial charge < -0.3 is 14.7 Å². The van der Waals surface area contributed by atoms with E-state index in [1.165, 1.54) is 0 Å². The molecule has 1 aromatic rings. The van der Waals surface area contributed by atoms with Crippen molar-refractivity contribution in [3.8, 4) is 5.75 Å². The number of ether oxygens (including phenoxy) is 1. The monoisotopic (exact) mass is 347 g/mol. The summed E-state index contributed by atoms with van der Waals surface area (Å²) in [4.78, 5) is 13.6. The van der Waals surface area contributed by atoms with Crippen molar-refractivity contribution in [2.24, 2.45) is 0 Å². The van der Waals surface area contributed by atoms with Crippen LogP contribution in [-0.2, 0) is 4.79 Å². The van der Waals surface area contributed by atoms with Crippen molar-refractivity contribution in [2.45, 2.75) is 18.9 Å². The number of aliphatic hydroxyl groups is 1. The number of piperidine rings is 1. The zero-order chi connectivity index (χ0) is 13.8. The van der Waals surface area contributed by atoms with E-state index in [1.54, 1.807) is 23.1 Å². The summed E-state index contributed by atoms with van der Waals surface area (Å²) in [6, 6.07) is 5.23. The summed E-state index contributed by atoms with van der Waals surface area (Å²) in [5.41, 5.74) is 0. The number of hydrogen-bond acceptors (Lipinski definition) is 3. The second-order valence-corrected chi connectivity index (χ2v) is 5.82. The Kier molecular flexibility index (Phi) is 5.07. The van der Waals surface area contributed by atoms with Gasteiger partial charge in [0.05, 0.1) is 11.1 Å². The lowest BCUT2D eigenvalue weighted by molar-refractivity contribution is -0.136. The average Bonchev–Trinajstić information content (AvgIpc) is 2.37. The first-order valence-electron chi connectivity index (χ1n) is 6.10. The normalized spacial score (nSPS) is 19.3. The van der Waals surface area contributed by atoms with E-state index >= 15 is 0 Å². The number of amides is 1. The average molecular weight is 349 g/mol. The third-order valence-corrected chi connectivity index (χ3v) is 3.78. The molecule has 0 aromatic heterocycles. The maximum absolute atomic E-state index is 11.9. The van der Waals surface area contributed by atoms with Gasteiger partial charge in [-0.2, -0.15) is 0 Å². The fourth-order valence-corrected chi connectivity index (χ4v) is 2.73. The molecule has 6 heteroatoms. The van der Waals surface area contributed by atoms with Crippen LogP contribution in [-0.4, -0.2) is 41.7 Å². The Labute approximate surface area is 125 Å². The van der Waals surface area contributed by atoms with Crippen LogP contribution in [0.15, 0.2) is 22.7 Å². The number of carbonyl (C=O) groups is 1. The molecule has 0 bridgehead atoms. The van der Waals surface area contributed by atoms with Crippen LogP contribution in [0.2, 0.25) is 5.02 Å². The molecule has 4 nitrogen and oxygen atoms in total. The summed E-state index contributed by atoms with van der Waals surface area (Å²) in [6.07, 6.45) is 1.16. The molecule has 1 atom stereocenters. The van der Waals surface area contributed by atoms with Gasteiger partial charge in [-0.1, -0.05) is 27.5 Å². The number of rotatable bonds is 3. The molecular weight excluding hydrogens is 334 g/mol. The highest BCUT2D eigenvalue weighted by atomic mass is 79.9. The van der Waals surface area contributed by atoms with E-state index in [1.807, 2.05) is 0 Å². The number of hydrogen-bond donors (Lipinski definition) is 1. The lowest BCUT2D eigenvalue weighted by Crippen LogP contribution is -2.44. The van der Waals surface area contributed by atoms with Gasteiger partial charge in [0.1, 0.15) is 5.75 Å². The SMILES string of the molecule is O=C(COc1ccc(Br)cc1Cl)N1CCCC(O)C1. The number of benzene rings is 1. The molecule has 1 N–H and O–H groups in total. The minimum Gasteiger partial charge on any atom is -0.482 e. The first-order chi connectivity index (χ1) is 9.06. The van der Waals surface area contributed by atoms with E-state index in [4.69, 9.17) is 16.3 Å². The molecule has 0 spiro atoms. The van der Waals surface area contributed by atoms with Gasteiger partial charge in [-0.15, -0.1) is 0 Å². The molecular formula is C13H15BrClNO3. The Bertz CT molecular complexity index is 469. The van der Waals surface area contributed by atoms with Crippen LogP contribution in [0, 0.1) is 0 Å². The van der Waals surface area contributed by atoms with Crippen molar-refractivity contribution >= 4 is 33.4 Å². The lowest BCUT2D eigenvalue weighted by Gasteiger charge is -2.30. The Morgan fingerprint density at radius 1 is 1.58 bits per heavy atom. The van der Waals surface area contributed by atoms with Crippen LogP contribution in [0.5, 0.6) is 5.75 Å². The Balaban J connectivity index is 1.89. The van der Waals surface area contributed by atoms with Gasteiger partial charge in [-0.25, -0.2) is 0 Å². The summed E-state index contributed by atoms with van der Waals surface area (Å²) >= 11 is 9.30. The summed E-state index contributed by atoms with van der Waals surface area (Å²) in [5, 5.41) is 9.99. The highest BCUT2D eigenvalue weighted by Crippen LogP contribution is 2.27. The maximum atomic E-state index is 11.9. The molecule has 1 aromatic carbocycles. The van der Waals surface area contributed by atoms with Gasteiger partial charge in [0.25, 0.3) is 5.91 Å². The van der Waals surface area contributed by atoms with Crippen molar-refractivity contribution in [3.05, 3.63) is 27.7 Å². The topological polar surface area (TPSA) is 49.8 Å². The molecule has 1 amide bonds. The molecule has 1 unspecified atom stereocenters. The van der Waals surface area contributed by atoms with Crippen LogP contribution in [0.4, 0.5) is 0 Å². The summed E-state index contributed by atoms with van der Waals surface area (Å²) in [5.74, 6) is 0.355. The quantitative estimate of drug-likeness (QED) is 0.913. The highest BCUT2D eigenvalue weighted by molar-refractivity contribution is 9.10. The standard InChI is InChI=1S/C13H15BrClNO3/c14-9-3-4-12(11(15)6-9)19-8-13(18)16-5-1-2-10(17)7-16/h3-4,6,10,17H,1-2,5,7-8H2. The first-order valence-corrected chi connectivity index (χ1v) is 7.27. The lowest BCUT2D eigenvalue weighted by atomic mass is 10.1. The molecule has 19 heavy (non-hydrogen) atoms. The first kappa shape index (κ1) is 14.6. The van der Waals surface area contributed by atoms with Crippen LogP contribution in [0.1, 0.15) is 12.8 Å². The van der Waals surface area contributed by atoms with Gasteiger partial charge >= 0.3 is 0 Å². The third kappa shape index (κ3) is 4.09. The molecule has 0 saturated carbocycles. The molecule has 1 aliphatic rings. The van der Waals surface area contributed by atoms with Gasteiger partial charge in [0, 0.05) is 17.6 Å². The maximum Gasteiger partial charge on any atom is 0.260 e. The number of likely N-dealkylation sites (tertiary alicyclic amines) is 1. The van der Waals surface area contributed by atoms with Crippen LogP contribution in [0.3, 0.4) is 0 Å². The molecule has 104 valence electrons. The zero-order valence-electron chi connectivity index (χ0n) is 10.3. The Morgan fingerprint density at radius 3 is 3.05 bits per heavy atom. The number of β-amino-alcohol motifs (C(OH)–C–C–N with tert-alkyl or cyclic N) is 1. The van der Waals surface area contributed by atoms with E-state index in [2.05, 4.69) is 15.9 Å². The number of carbonyl (C=O) groups excluding carboxylic acids is 1. The van der Waals surface area contributed by atoms with Gasteiger partial charge in [0.15, 0.2) is 6.61 Å². The van der Waals surface area contributed by atoms with Gasteiger partial charge in [0.2, 0.25) is 0 Å². The number of halogens is 2. The molecule has 0 radical (unpaired) electrons. The largest absolute Gasteiger partial charge is 0.482 e. The number of nitrogens with zero attached hydrogens (tertiary/aromatic N) is 1. The predicted molar refractivity (Wildman–Crippen MR) is 76.5 cm³/mol. The predicted octanol–water partition coefficient (Wildman–Crippen LogP) is 2.46. The Hall–Kier alpha value is -0.780. The zero-order valence-corrected chi connectivity index (χ0v) is 12.7. The molecule has 1 fully saturated rings. The summed E-state index contributed by atoms with van der Waals surface area (Å²) < 4.78 is 6.27. The second-order valence-electron chi connectivity index (χ2n) is 4.50. The van der Waals surface area contributed by atoms with Crippen LogP contribution < -0.4 is 4.74 Å². The van der Waals surface area contributed by atoms with Gasteiger partial charge in [-0.3, -0.25) is 4.79 Å². The smallest absolute Gasteiger partial charge is 0.260 e. The molecule has 1 aliphatic heterocycles. The number of aliphatic hydroxyl groups excluding tert-OH is 1. The molecule has 1 heterocycles. The van der Waals surface area contributed by atoms with E-state index in [-0.39, 0.29) is 12.5 Å². The highest BCUT2D eigenvalue weighted by Gasteiger charge is 2.22. The van der Waals surface area contributed by atoms with E-state index in [9.17, 15) is 9.90 Å². The van der Waals surface area contributed by atoms with Crippen molar-refractivity contribution in [1.82, 2.24) is 4.90 Å². The minimum atomic E-state index is -0.422. The van der Waals surface area contributed by atoms with Crippen molar-refractivity contribution in [1.29, 1.82) is 0 Å².